The Kier molecular flexibility index (Phi) is 4.56. The molecule has 124 valence electrons. The summed E-state index contributed by atoms with van der Waals surface area (Å²) in [5.74, 6) is 0. The number of thioether (sulfide) groups is 1. The molecule has 1 aromatic heterocycles. The summed E-state index contributed by atoms with van der Waals surface area (Å²) in [5.41, 5.74) is 4.80. The van der Waals surface area contributed by atoms with E-state index in [-0.39, 0.29) is 5.25 Å². The summed E-state index contributed by atoms with van der Waals surface area (Å²) >= 11 is 8.42. The Morgan fingerprint density at radius 1 is 0.840 bits per heavy atom. The molecule has 0 amide bonds. The van der Waals surface area contributed by atoms with Crippen LogP contribution in [0.25, 0.3) is 10.9 Å². The standard InChI is InChI=1S/C22H18ClNS/c1-15-21(18-12-6-8-14-20(18)24-15)22(17-11-5-7-13-19(17)23)25-16-9-3-2-4-10-16/h2-14,22,24H,1H3. The lowest BCUT2D eigenvalue weighted by Gasteiger charge is -2.19. The summed E-state index contributed by atoms with van der Waals surface area (Å²) in [4.78, 5) is 4.76. The zero-order valence-corrected chi connectivity index (χ0v) is 15.4. The van der Waals surface area contributed by atoms with Gasteiger partial charge >= 0.3 is 0 Å². The van der Waals surface area contributed by atoms with Crippen molar-refractivity contribution in [2.75, 3.05) is 0 Å². The van der Waals surface area contributed by atoms with Gasteiger partial charge in [0.2, 0.25) is 0 Å². The number of fused-ring (bicyclic) bond motifs is 1. The SMILES string of the molecule is Cc1[nH]c2ccccc2c1C(Sc1ccccc1)c1ccccc1Cl. The molecule has 0 saturated heterocycles. The van der Waals surface area contributed by atoms with Crippen LogP contribution in [0.5, 0.6) is 0 Å². The quantitative estimate of drug-likeness (QED) is 0.385. The number of aromatic nitrogens is 1. The predicted molar refractivity (Wildman–Crippen MR) is 109 cm³/mol. The first-order valence-electron chi connectivity index (χ1n) is 8.27. The van der Waals surface area contributed by atoms with Crippen molar-refractivity contribution < 1.29 is 0 Å². The van der Waals surface area contributed by atoms with Gasteiger partial charge in [-0.3, -0.25) is 0 Å². The van der Waals surface area contributed by atoms with Gasteiger partial charge in [-0.15, -0.1) is 11.8 Å². The Hall–Kier alpha value is -2.16. The molecule has 1 heterocycles. The Balaban J connectivity index is 1.91. The second kappa shape index (κ2) is 6.99. The summed E-state index contributed by atoms with van der Waals surface area (Å²) in [7, 11) is 0. The van der Waals surface area contributed by atoms with Gasteiger partial charge < -0.3 is 4.98 Å². The van der Waals surface area contributed by atoms with Crippen molar-refractivity contribution in [2.24, 2.45) is 0 Å². The molecule has 0 fully saturated rings. The highest BCUT2D eigenvalue weighted by atomic mass is 35.5. The highest BCUT2D eigenvalue weighted by Crippen LogP contribution is 2.46. The molecule has 0 aliphatic rings. The van der Waals surface area contributed by atoms with Crippen LogP contribution >= 0.6 is 23.4 Å². The fourth-order valence-electron chi connectivity index (χ4n) is 3.24. The lowest BCUT2D eigenvalue weighted by atomic mass is 10.0. The van der Waals surface area contributed by atoms with Crippen molar-refractivity contribution in [1.29, 1.82) is 0 Å². The minimum Gasteiger partial charge on any atom is -0.358 e. The number of nitrogens with one attached hydrogen (secondary N) is 1. The maximum Gasteiger partial charge on any atom is 0.0632 e. The molecule has 1 atom stereocenters. The number of para-hydroxylation sites is 1. The van der Waals surface area contributed by atoms with Crippen molar-refractivity contribution in [1.82, 2.24) is 4.98 Å². The fourth-order valence-corrected chi connectivity index (χ4v) is 4.89. The van der Waals surface area contributed by atoms with Crippen LogP contribution in [0, 0.1) is 6.92 Å². The van der Waals surface area contributed by atoms with Crippen molar-refractivity contribution in [3.05, 3.63) is 101 Å². The van der Waals surface area contributed by atoms with Gasteiger partial charge in [-0.1, -0.05) is 66.2 Å². The van der Waals surface area contributed by atoms with Gasteiger partial charge in [-0.05, 0) is 42.3 Å². The molecule has 3 aromatic carbocycles. The van der Waals surface area contributed by atoms with E-state index >= 15 is 0 Å². The topological polar surface area (TPSA) is 15.8 Å². The van der Waals surface area contributed by atoms with Crippen LogP contribution in [0.1, 0.15) is 22.1 Å². The Labute approximate surface area is 157 Å². The van der Waals surface area contributed by atoms with E-state index in [0.29, 0.717) is 0 Å². The van der Waals surface area contributed by atoms with Gasteiger partial charge in [0.1, 0.15) is 0 Å². The summed E-state index contributed by atoms with van der Waals surface area (Å²) in [6, 6.07) is 27.1. The first kappa shape index (κ1) is 16.3. The summed E-state index contributed by atoms with van der Waals surface area (Å²) in [6.07, 6.45) is 0. The van der Waals surface area contributed by atoms with Gasteiger partial charge in [0.15, 0.2) is 0 Å². The third-order valence-electron chi connectivity index (χ3n) is 4.39. The van der Waals surface area contributed by atoms with E-state index in [9.17, 15) is 0 Å². The van der Waals surface area contributed by atoms with Gasteiger partial charge in [-0.2, -0.15) is 0 Å². The van der Waals surface area contributed by atoms with E-state index in [4.69, 9.17) is 11.6 Å². The molecule has 1 N–H and O–H groups in total. The Morgan fingerprint density at radius 2 is 1.52 bits per heavy atom. The lowest BCUT2D eigenvalue weighted by molar-refractivity contribution is 1.12. The molecule has 0 aliphatic carbocycles. The number of hydrogen-bond donors (Lipinski definition) is 1. The molecule has 0 bridgehead atoms. The molecule has 25 heavy (non-hydrogen) atoms. The van der Waals surface area contributed by atoms with Crippen LogP contribution in [-0.4, -0.2) is 4.98 Å². The van der Waals surface area contributed by atoms with E-state index in [1.54, 1.807) is 0 Å². The highest BCUT2D eigenvalue weighted by Gasteiger charge is 2.23. The number of aromatic amines is 1. The maximum absolute atomic E-state index is 6.58. The normalized spacial score (nSPS) is 12.4. The van der Waals surface area contributed by atoms with E-state index in [2.05, 4.69) is 72.6 Å². The Morgan fingerprint density at radius 3 is 2.32 bits per heavy atom. The van der Waals surface area contributed by atoms with Crippen molar-refractivity contribution in [3.63, 3.8) is 0 Å². The van der Waals surface area contributed by atoms with E-state index in [1.807, 2.05) is 30.0 Å². The molecular weight excluding hydrogens is 346 g/mol. The van der Waals surface area contributed by atoms with Crippen LogP contribution in [0.4, 0.5) is 0 Å². The average molecular weight is 364 g/mol. The smallest absolute Gasteiger partial charge is 0.0632 e. The molecular formula is C22H18ClNS. The van der Waals surface area contributed by atoms with Gasteiger partial charge in [0.25, 0.3) is 0 Å². The summed E-state index contributed by atoms with van der Waals surface area (Å²) in [6.45, 7) is 2.14. The highest BCUT2D eigenvalue weighted by molar-refractivity contribution is 7.99. The average Bonchev–Trinajstić information content (AvgIpc) is 2.97. The van der Waals surface area contributed by atoms with Crippen LogP contribution in [0.15, 0.2) is 83.8 Å². The monoisotopic (exact) mass is 363 g/mol. The Bertz CT molecular complexity index is 1010. The second-order valence-corrected chi connectivity index (χ2v) is 7.63. The zero-order valence-electron chi connectivity index (χ0n) is 13.9. The third-order valence-corrected chi connectivity index (χ3v) is 6.00. The van der Waals surface area contributed by atoms with Gasteiger partial charge in [0.05, 0.1) is 5.25 Å². The fraction of sp³-hybridized carbons (Fsp3) is 0.0909. The number of halogens is 1. The molecule has 0 spiro atoms. The van der Waals surface area contributed by atoms with Crippen LogP contribution in [-0.2, 0) is 0 Å². The van der Waals surface area contributed by atoms with Crippen molar-refractivity contribution >= 4 is 34.3 Å². The largest absolute Gasteiger partial charge is 0.358 e. The molecule has 4 aromatic rings. The van der Waals surface area contributed by atoms with Crippen LogP contribution in [0.3, 0.4) is 0 Å². The summed E-state index contributed by atoms with van der Waals surface area (Å²) < 4.78 is 0. The van der Waals surface area contributed by atoms with Gasteiger partial charge in [0, 0.05) is 26.5 Å². The second-order valence-electron chi connectivity index (χ2n) is 6.04. The number of aryl methyl sites for hydroxylation is 1. The molecule has 1 nitrogen and oxygen atoms in total. The van der Waals surface area contributed by atoms with Crippen LogP contribution < -0.4 is 0 Å². The number of H-pyrrole nitrogens is 1. The molecule has 0 saturated carbocycles. The minimum absolute atomic E-state index is 0.132. The van der Waals surface area contributed by atoms with Crippen molar-refractivity contribution in [3.8, 4) is 0 Å². The van der Waals surface area contributed by atoms with E-state index in [1.165, 1.54) is 27.1 Å². The van der Waals surface area contributed by atoms with E-state index < -0.39 is 0 Å². The lowest BCUT2D eigenvalue weighted by Crippen LogP contribution is -1.99. The molecule has 1 unspecified atom stereocenters. The van der Waals surface area contributed by atoms with Crippen molar-refractivity contribution in [2.45, 2.75) is 17.1 Å². The number of rotatable bonds is 4. The zero-order chi connectivity index (χ0) is 17.2. The third kappa shape index (κ3) is 3.20. The molecule has 4 rings (SSSR count). The van der Waals surface area contributed by atoms with Gasteiger partial charge in [-0.25, -0.2) is 0 Å². The predicted octanol–water partition coefficient (Wildman–Crippen LogP) is 7.01. The first-order chi connectivity index (χ1) is 12.2. The minimum atomic E-state index is 0.132. The first-order valence-corrected chi connectivity index (χ1v) is 9.53. The number of benzene rings is 3. The van der Waals surface area contributed by atoms with E-state index in [0.717, 1.165) is 10.6 Å². The molecule has 0 radical (unpaired) electrons. The maximum atomic E-state index is 6.58. The molecule has 0 aliphatic heterocycles. The number of hydrogen-bond acceptors (Lipinski definition) is 1. The summed E-state index contributed by atoms with van der Waals surface area (Å²) in [5, 5.41) is 2.20. The van der Waals surface area contributed by atoms with Crippen LogP contribution in [0.2, 0.25) is 5.02 Å². The molecule has 3 heteroatoms.